The van der Waals surface area contributed by atoms with E-state index in [0.717, 1.165) is 17.5 Å². The van der Waals surface area contributed by atoms with Gasteiger partial charge in [0.15, 0.2) is 0 Å². The molecular formula is C13H18N2. The Labute approximate surface area is 91.1 Å². The molecule has 0 aromatic heterocycles. The normalized spacial score (nSPS) is 29.5. The first-order valence-electron chi connectivity index (χ1n) is 5.93. The molecule has 1 saturated carbocycles. The summed E-state index contributed by atoms with van der Waals surface area (Å²) in [4.78, 5) is 2.52. The average molecular weight is 202 g/mol. The van der Waals surface area contributed by atoms with E-state index in [1.165, 1.54) is 38.0 Å². The number of benzene rings is 1. The quantitative estimate of drug-likeness (QED) is 0.709. The number of hydrogen-bond donors (Lipinski definition) is 1. The van der Waals surface area contributed by atoms with Crippen molar-refractivity contribution in [2.45, 2.75) is 19.3 Å². The van der Waals surface area contributed by atoms with Crippen LogP contribution in [0.3, 0.4) is 0 Å². The third-order valence-corrected chi connectivity index (χ3v) is 3.98. The SMILES string of the molecule is Nc1ccc(N2CC3CCCC3C2)cc1. The molecule has 2 aliphatic rings. The zero-order valence-electron chi connectivity index (χ0n) is 9.02. The molecule has 0 amide bonds. The first-order valence-corrected chi connectivity index (χ1v) is 5.93. The Morgan fingerprint density at radius 1 is 1.00 bits per heavy atom. The summed E-state index contributed by atoms with van der Waals surface area (Å²) in [5.74, 6) is 1.92. The minimum Gasteiger partial charge on any atom is -0.399 e. The highest BCUT2D eigenvalue weighted by Crippen LogP contribution is 2.39. The molecule has 2 atom stereocenters. The molecule has 1 saturated heterocycles. The van der Waals surface area contributed by atoms with Crippen LogP contribution in [0.4, 0.5) is 11.4 Å². The Morgan fingerprint density at radius 2 is 1.60 bits per heavy atom. The van der Waals surface area contributed by atoms with Gasteiger partial charge in [-0.2, -0.15) is 0 Å². The number of anilines is 2. The fourth-order valence-corrected chi connectivity index (χ4v) is 3.13. The molecule has 2 fully saturated rings. The number of hydrogen-bond acceptors (Lipinski definition) is 2. The smallest absolute Gasteiger partial charge is 0.0367 e. The minimum atomic E-state index is 0.859. The van der Waals surface area contributed by atoms with Crippen molar-refractivity contribution in [3.8, 4) is 0 Å². The molecular weight excluding hydrogens is 184 g/mol. The molecule has 2 heteroatoms. The lowest BCUT2D eigenvalue weighted by Gasteiger charge is -2.19. The predicted molar refractivity (Wildman–Crippen MR) is 63.9 cm³/mol. The van der Waals surface area contributed by atoms with Gasteiger partial charge in [0.1, 0.15) is 0 Å². The Bertz CT molecular complexity index is 332. The van der Waals surface area contributed by atoms with Crippen LogP contribution in [0.5, 0.6) is 0 Å². The molecule has 1 aliphatic heterocycles. The van der Waals surface area contributed by atoms with E-state index in [4.69, 9.17) is 5.73 Å². The van der Waals surface area contributed by atoms with Crippen LogP contribution < -0.4 is 10.6 Å². The number of nitrogens with two attached hydrogens (primary N) is 1. The second-order valence-corrected chi connectivity index (χ2v) is 4.95. The molecule has 1 heterocycles. The van der Waals surface area contributed by atoms with Crippen molar-refractivity contribution in [1.82, 2.24) is 0 Å². The van der Waals surface area contributed by atoms with E-state index >= 15 is 0 Å². The Hall–Kier alpha value is -1.18. The van der Waals surface area contributed by atoms with Crippen molar-refractivity contribution < 1.29 is 0 Å². The molecule has 1 aliphatic carbocycles. The summed E-state index contributed by atoms with van der Waals surface area (Å²) < 4.78 is 0. The van der Waals surface area contributed by atoms with E-state index < -0.39 is 0 Å². The summed E-state index contributed by atoms with van der Waals surface area (Å²) in [5.41, 5.74) is 7.90. The van der Waals surface area contributed by atoms with Crippen LogP contribution in [-0.2, 0) is 0 Å². The van der Waals surface area contributed by atoms with Crippen molar-refractivity contribution in [3.05, 3.63) is 24.3 Å². The van der Waals surface area contributed by atoms with E-state index in [9.17, 15) is 0 Å². The third kappa shape index (κ3) is 1.58. The lowest BCUT2D eigenvalue weighted by molar-refractivity contribution is 0.494. The number of nitrogen functional groups attached to an aromatic ring is 1. The summed E-state index contributed by atoms with van der Waals surface area (Å²) in [5, 5.41) is 0. The van der Waals surface area contributed by atoms with Crippen LogP contribution in [0.15, 0.2) is 24.3 Å². The maximum atomic E-state index is 5.70. The van der Waals surface area contributed by atoms with Crippen LogP contribution in [0.1, 0.15) is 19.3 Å². The van der Waals surface area contributed by atoms with Gasteiger partial charge in [0.25, 0.3) is 0 Å². The predicted octanol–water partition coefficient (Wildman–Crippen LogP) is 2.51. The maximum absolute atomic E-state index is 5.70. The zero-order chi connectivity index (χ0) is 10.3. The monoisotopic (exact) mass is 202 g/mol. The first kappa shape index (κ1) is 9.08. The third-order valence-electron chi connectivity index (χ3n) is 3.98. The van der Waals surface area contributed by atoms with E-state index in [-0.39, 0.29) is 0 Å². The molecule has 0 bridgehead atoms. The molecule has 0 spiro atoms. The molecule has 2 unspecified atom stereocenters. The van der Waals surface area contributed by atoms with Gasteiger partial charge in [-0.05, 0) is 48.9 Å². The van der Waals surface area contributed by atoms with Crippen LogP contribution in [0.2, 0.25) is 0 Å². The van der Waals surface area contributed by atoms with Crippen LogP contribution in [-0.4, -0.2) is 13.1 Å². The largest absolute Gasteiger partial charge is 0.399 e. The number of nitrogens with zero attached hydrogens (tertiary/aromatic N) is 1. The van der Waals surface area contributed by atoms with Gasteiger partial charge in [-0.1, -0.05) is 6.42 Å². The summed E-state index contributed by atoms with van der Waals surface area (Å²) in [6.07, 6.45) is 4.33. The van der Waals surface area contributed by atoms with Gasteiger partial charge in [-0.3, -0.25) is 0 Å². The fraction of sp³-hybridized carbons (Fsp3) is 0.538. The van der Waals surface area contributed by atoms with Crippen molar-refractivity contribution in [1.29, 1.82) is 0 Å². The van der Waals surface area contributed by atoms with Gasteiger partial charge in [0.2, 0.25) is 0 Å². The van der Waals surface area contributed by atoms with E-state index in [2.05, 4.69) is 17.0 Å². The molecule has 15 heavy (non-hydrogen) atoms. The average Bonchev–Trinajstić information content (AvgIpc) is 2.78. The van der Waals surface area contributed by atoms with Crippen molar-refractivity contribution >= 4 is 11.4 Å². The summed E-state index contributed by atoms with van der Waals surface area (Å²) in [6.45, 7) is 2.52. The maximum Gasteiger partial charge on any atom is 0.0367 e. The molecule has 2 nitrogen and oxygen atoms in total. The molecule has 3 rings (SSSR count). The second kappa shape index (κ2) is 3.44. The standard InChI is InChI=1S/C13H18N2/c14-12-4-6-13(7-5-12)15-8-10-2-1-3-11(10)9-15/h4-7,10-11H,1-3,8-9,14H2. The van der Waals surface area contributed by atoms with E-state index in [1.807, 2.05) is 12.1 Å². The molecule has 2 N–H and O–H groups in total. The van der Waals surface area contributed by atoms with Gasteiger partial charge in [0.05, 0.1) is 0 Å². The lowest BCUT2D eigenvalue weighted by Crippen LogP contribution is -2.20. The highest BCUT2D eigenvalue weighted by molar-refractivity contribution is 5.53. The van der Waals surface area contributed by atoms with Crippen molar-refractivity contribution in [3.63, 3.8) is 0 Å². The zero-order valence-corrected chi connectivity index (χ0v) is 9.02. The van der Waals surface area contributed by atoms with Gasteiger partial charge >= 0.3 is 0 Å². The Balaban J connectivity index is 1.76. The van der Waals surface area contributed by atoms with Gasteiger partial charge in [0, 0.05) is 24.5 Å². The molecule has 1 aromatic carbocycles. The van der Waals surface area contributed by atoms with Gasteiger partial charge < -0.3 is 10.6 Å². The highest BCUT2D eigenvalue weighted by atomic mass is 15.2. The highest BCUT2D eigenvalue weighted by Gasteiger charge is 2.35. The number of rotatable bonds is 1. The van der Waals surface area contributed by atoms with Gasteiger partial charge in [-0.15, -0.1) is 0 Å². The summed E-state index contributed by atoms with van der Waals surface area (Å²) >= 11 is 0. The minimum absolute atomic E-state index is 0.859. The fourth-order valence-electron chi connectivity index (χ4n) is 3.13. The summed E-state index contributed by atoms with van der Waals surface area (Å²) in [6, 6.07) is 8.31. The summed E-state index contributed by atoms with van der Waals surface area (Å²) in [7, 11) is 0. The van der Waals surface area contributed by atoms with Gasteiger partial charge in [-0.25, -0.2) is 0 Å². The van der Waals surface area contributed by atoms with Crippen LogP contribution in [0.25, 0.3) is 0 Å². The second-order valence-electron chi connectivity index (χ2n) is 4.95. The lowest BCUT2D eigenvalue weighted by atomic mass is 10.0. The first-order chi connectivity index (χ1) is 7.33. The topological polar surface area (TPSA) is 29.3 Å². The Kier molecular flexibility index (Phi) is 2.08. The Morgan fingerprint density at radius 3 is 2.20 bits per heavy atom. The van der Waals surface area contributed by atoms with E-state index in [1.54, 1.807) is 0 Å². The van der Waals surface area contributed by atoms with Crippen LogP contribution >= 0.6 is 0 Å². The van der Waals surface area contributed by atoms with Crippen molar-refractivity contribution in [2.24, 2.45) is 11.8 Å². The van der Waals surface area contributed by atoms with Crippen LogP contribution in [0, 0.1) is 11.8 Å². The molecule has 1 aromatic rings. The number of fused-ring (bicyclic) bond motifs is 1. The molecule has 80 valence electrons. The van der Waals surface area contributed by atoms with Crippen molar-refractivity contribution in [2.75, 3.05) is 23.7 Å². The molecule has 0 radical (unpaired) electrons. The van der Waals surface area contributed by atoms with E-state index in [0.29, 0.717) is 0 Å².